The molecule has 0 aliphatic heterocycles. The number of primary amides is 1. The van der Waals surface area contributed by atoms with Crippen LogP contribution in [0.25, 0.3) is 0 Å². The third-order valence-corrected chi connectivity index (χ3v) is 2.79. The molecule has 20 heavy (non-hydrogen) atoms. The van der Waals surface area contributed by atoms with Gasteiger partial charge in [0.15, 0.2) is 0 Å². The summed E-state index contributed by atoms with van der Waals surface area (Å²) in [4.78, 5) is 26.7. The van der Waals surface area contributed by atoms with Crippen LogP contribution in [0.3, 0.4) is 0 Å². The van der Waals surface area contributed by atoms with Crippen molar-refractivity contribution in [3.63, 3.8) is 0 Å². The average Bonchev–Trinajstić information content (AvgIpc) is 2.41. The minimum absolute atomic E-state index is 0.0437. The van der Waals surface area contributed by atoms with E-state index < -0.39 is 17.6 Å². The van der Waals surface area contributed by atoms with Crippen LogP contribution in [0.4, 0.5) is 10.1 Å². The van der Waals surface area contributed by atoms with Crippen LogP contribution < -0.4 is 11.1 Å². The molecule has 2 rings (SSSR count). The van der Waals surface area contributed by atoms with Gasteiger partial charge in [-0.2, -0.15) is 0 Å². The molecule has 0 spiro atoms. The van der Waals surface area contributed by atoms with E-state index in [-0.39, 0.29) is 22.0 Å². The third-order valence-electron chi connectivity index (χ3n) is 2.49. The Labute approximate surface area is 118 Å². The second kappa shape index (κ2) is 5.66. The van der Waals surface area contributed by atoms with Crippen LogP contribution >= 0.6 is 11.6 Å². The average molecular weight is 294 g/mol. The molecule has 1 aromatic carbocycles. The summed E-state index contributed by atoms with van der Waals surface area (Å²) >= 11 is 5.79. The first-order chi connectivity index (χ1) is 9.49. The first-order valence-corrected chi connectivity index (χ1v) is 5.88. The molecule has 102 valence electrons. The fraction of sp³-hybridized carbons (Fsp3) is 0. The molecule has 2 aromatic rings. The van der Waals surface area contributed by atoms with E-state index >= 15 is 0 Å². The number of nitrogens with one attached hydrogen (secondary N) is 1. The standard InChI is InChI=1S/C13H9ClFN3O2/c14-11-8(2-1-5-17-11)13(20)18-7-3-4-10(15)9(6-7)12(16)19/h1-6H,(H2,16,19)(H,18,20). The van der Waals surface area contributed by atoms with E-state index in [9.17, 15) is 14.0 Å². The van der Waals surface area contributed by atoms with Gasteiger partial charge < -0.3 is 11.1 Å². The van der Waals surface area contributed by atoms with E-state index in [0.29, 0.717) is 0 Å². The highest BCUT2D eigenvalue weighted by Gasteiger charge is 2.13. The lowest BCUT2D eigenvalue weighted by Crippen LogP contribution is -2.16. The second-order valence-electron chi connectivity index (χ2n) is 3.85. The number of anilines is 1. The van der Waals surface area contributed by atoms with E-state index in [1.165, 1.54) is 18.3 Å². The number of hydrogen-bond donors (Lipinski definition) is 2. The number of nitrogens with two attached hydrogens (primary N) is 1. The minimum Gasteiger partial charge on any atom is -0.366 e. The molecule has 1 aromatic heterocycles. The molecule has 2 amide bonds. The van der Waals surface area contributed by atoms with E-state index in [0.717, 1.165) is 12.1 Å². The first kappa shape index (κ1) is 14.0. The number of amides is 2. The molecule has 0 unspecified atom stereocenters. The van der Waals surface area contributed by atoms with Crippen LogP contribution in [-0.4, -0.2) is 16.8 Å². The number of aromatic nitrogens is 1. The quantitative estimate of drug-likeness (QED) is 0.851. The zero-order chi connectivity index (χ0) is 14.7. The van der Waals surface area contributed by atoms with Crippen molar-refractivity contribution in [1.29, 1.82) is 0 Å². The summed E-state index contributed by atoms with van der Waals surface area (Å²) in [6.45, 7) is 0. The van der Waals surface area contributed by atoms with Gasteiger partial charge in [0, 0.05) is 11.9 Å². The molecule has 0 saturated carbocycles. The summed E-state index contributed by atoms with van der Waals surface area (Å²) in [6.07, 6.45) is 1.45. The molecule has 0 atom stereocenters. The highest BCUT2D eigenvalue weighted by atomic mass is 35.5. The van der Waals surface area contributed by atoms with Crippen LogP contribution in [0.5, 0.6) is 0 Å². The van der Waals surface area contributed by atoms with Crippen molar-refractivity contribution in [1.82, 2.24) is 4.98 Å². The smallest absolute Gasteiger partial charge is 0.258 e. The molecule has 0 saturated heterocycles. The Hall–Kier alpha value is -2.47. The summed E-state index contributed by atoms with van der Waals surface area (Å²) in [7, 11) is 0. The zero-order valence-corrected chi connectivity index (χ0v) is 10.8. The van der Waals surface area contributed by atoms with Crippen molar-refractivity contribution in [3.05, 3.63) is 58.6 Å². The summed E-state index contributed by atoms with van der Waals surface area (Å²) in [5.74, 6) is -2.20. The highest BCUT2D eigenvalue weighted by Crippen LogP contribution is 2.17. The Morgan fingerprint density at radius 3 is 2.65 bits per heavy atom. The number of benzene rings is 1. The number of pyridine rings is 1. The lowest BCUT2D eigenvalue weighted by atomic mass is 10.1. The number of rotatable bonds is 3. The zero-order valence-electron chi connectivity index (χ0n) is 10.1. The molecule has 0 radical (unpaired) electrons. The fourth-order valence-corrected chi connectivity index (χ4v) is 1.75. The van der Waals surface area contributed by atoms with Gasteiger partial charge in [-0.1, -0.05) is 11.6 Å². The topological polar surface area (TPSA) is 85.1 Å². The first-order valence-electron chi connectivity index (χ1n) is 5.50. The third kappa shape index (κ3) is 2.92. The number of carbonyl (C=O) groups is 2. The van der Waals surface area contributed by atoms with Gasteiger partial charge >= 0.3 is 0 Å². The van der Waals surface area contributed by atoms with Gasteiger partial charge in [0.25, 0.3) is 11.8 Å². The highest BCUT2D eigenvalue weighted by molar-refractivity contribution is 6.33. The Bertz CT molecular complexity index is 691. The summed E-state index contributed by atoms with van der Waals surface area (Å²) in [5, 5.41) is 2.53. The summed E-state index contributed by atoms with van der Waals surface area (Å²) < 4.78 is 13.3. The lowest BCUT2D eigenvalue weighted by molar-refractivity contribution is 0.0992. The van der Waals surface area contributed by atoms with Gasteiger partial charge in [0.05, 0.1) is 11.1 Å². The summed E-state index contributed by atoms with van der Waals surface area (Å²) in [5.41, 5.74) is 5.11. The second-order valence-corrected chi connectivity index (χ2v) is 4.21. The molecule has 0 aliphatic rings. The maximum Gasteiger partial charge on any atom is 0.258 e. The van der Waals surface area contributed by atoms with Crippen LogP contribution in [0.2, 0.25) is 5.15 Å². The molecule has 5 nitrogen and oxygen atoms in total. The molecular formula is C13H9ClFN3O2. The largest absolute Gasteiger partial charge is 0.366 e. The van der Waals surface area contributed by atoms with Crippen LogP contribution in [0.15, 0.2) is 36.5 Å². The number of halogens is 2. The van der Waals surface area contributed by atoms with Gasteiger partial charge in [0.2, 0.25) is 0 Å². The van der Waals surface area contributed by atoms with Gasteiger partial charge in [-0.05, 0) is 30.3 Å². The number of carbonyl (C=O) groups excluding carboxylic acids is 2. The normalized spacial score (nSPS) is 10.1. The molecule has 7 heteroatoms. The van der Waals surface area contributed by atoms with E-state index in [4.69, 9.17) is 17.3 Å². The monoisotopic (exact) mass is 293 g/mol. The molecule has 0 fully saturated rings. The van der Waals surface area contributed by atoms with Crippen molar-refractivity contribution in [2.45, 2.75) is 0 Å². The fourth-order valence-electron chi connectivity index (χ4n) is 1.55. The van der Waals surface area contributed by atoms with Crippen molar-refractivity contribution >= 4 is 29.1 Å². The molecular weight excluding hydrogens is 285 g/mol. The maximum absolute atomic E-state index is 13.3. The molecule has 3 N–H and O–H groups in total. The Morgan fingerprint density at radius 1 is 1.25 bits per heavy atom. The maximum atomic E-state index is 13.3. The Kier molecular flexibility index (Phi) is 3.95. The molecule has 1 heterocycles. The molecule has 0 bridgehead atoms. The predicted octanol–water partition coefficient (Wildman–Crippen LogP) is 2.23. The van der Waals surface area contributed by atoms with Crippen LogP contribution in [0, 0.1) is 5.82 Å². The Morgan fingerprint density at radius 2 is 2.00 bits per heavy atom. The van der Waals surface area contributed by atoms with Gasteiger partial charge in [-0.15, -0.1) is 0 Å². The van der Waals surface area contributed by atoms with E-state index in [1.54, 1.807) is 6.07 Å². The van der Waals surface area contributed by atoms with Gasteiger partial charge in [0.1, 0.15) is 11.0 Å². The minimum atomic E-state index is -0.919. The lowest BCUT2D eigenvalue weighted by Gasteiger charge is -2.07. The van der Waals surface area contributed by atoms with Crippen molar-refractivity contribution in [3.8, 4) is 0 Å². The number of hydrogen-bond acceptors (Lipinski definition) is 3. The SMILES string of the molecule is NC(=O)c1cc(NC(=O)c2cccnc2Cl)ccc1F. The van der Waals surface area contributed by atoms with E-state index in [1.807, 2.05) is 0 Å². The van der Waals surface area contributed by atoms with Crippen LogP contribution in [0.1, 0.15) is 20.7 Å². The summed E-state index contributed by atoms with van der Waals surface area (Å²) in [6, 6.07) is 6.55. The van der Waals surface area contributed by atoms with Gasteiger partial charge in [-0.3, -0.25) is 9.59 Å². The Balaban J connectivity index is 2.27. The number of nitrogens with zero attached hydrogens (tertiary/aromatic N) is 1. The van der Waals surface area contributed by atoms with Crippen molar-refractivity contribution < 1.29 is 14.0 Å². The van der Waals surface area contributed by atoms with Crippen molar-refractivity contribution in [2.24, 2.45) is 5.73 Å². The van der Waals surface area contributed by atoms with Gasteiger partial charge in [-0.25, -0.2) is 9.37 Å². The predicted molar refractivity (Wildman–Crippen MR) is 72.1 cm³/mol. The van der Waals surface area contributed by atoms with E-state index in [2.05, 4.69) is 10.3 Å². The van der Waals surface area contributed by atoms with Crippen molar-refractivity contribution in [2.75, 3.05) is 5.32 Å². The van der Waals surface area contributed by atoms with Crippen LogP contribution in [-0.2, 0) is 0 Å². The molecule has 0 aliphatic carbocycles.